The molecule has 1 atom stereocenters. The third-order valence-electron chi connectivity index (χ3n) is 5.46. The zero-order chi connectivity index (χ0) is 24.0. The summed E-state index contributed by atoms with van der Waals surface area (Å²) in [5, 5.41) is 0.561. The predicted molar refractivity (Wildman–Crippen MR) is 129 cm³/mol. The topological polar surface area (TPSA) is 79.1 Å². The number of aromatic nitrogens is 1. The van der Waals surface area contributed by atoms with Crippen LogP contribution in [0.3, 0.4) is 0 Å². The van der Waals surface area contributed by atoms with Gasteiger partial charge in [0.05, 0.1) is 27.9 Å². The average molecular weight is 497 g/mol. The summed E-state index contributed by atoms with van der Waals surface area (Å²) in [5.41, 5.74) is 2.14. The lowest BCUT2D eigenvalue weighted by Crippen LogP contribution is -2.40. The monoisotopic (exact) mass is 496 g/mol. The van der Waals surface area contributed by atoms with Gasteiger partial charge < -0.3 is 14.2 Å². The molecular weight excluding hydrogens is 476 g/mol. The lowest BCUT2D eigenvalue weighted by Gasteiger charge is -2.25. The number of fused-ring (bicyclic) bond motifs is 2. The van der Waals surface area contributed by atoms with Crippen LogP contribution < -0.4 is 24.4 Å². The normalized spacial score (nSPS) is 17.1. The van der Waals surface area contributed by atoms with Crippen LogP contribution in [0.5, 0.6) is 11.5 Å². The number of ether oxygens (including phenoxy) is 3. The summed E-state index contributed by atoms with van der Waals surface area (Å²) in [6.45, 7) is 5.50. The molecular formula is C25H21ClN2O5S. The highest BCUT2D eigenvalue weighted by Crippen LogP contribution is 2.33. The second-order valence-corrected chi connectivity index (χ2v) is 9.65. The van der Waals surface area contributed by atoms with Crippen LogP contribution in [-0.4, -0.2) is 23.4 Å². The van der Waals surface area contributed by atoms with Crippen molar-refractivity contribution >= 4 is 35.0 Å². The maximum atomic E-state index is 13.6. The summed E-state index contributed by atoms with van der Waals surface area (Å²) in [4.78, 5) is 31.8. The van der Waals surface area contributed by atoms with Gasteiger partial charge in [-0.2, -0.15) is 0 Å². The average Bonchev–Trinajstić information content (AvgIpc) is 3.37. The third kappa shape index (κ3) is 4.03. The van der Waals surface area contributed by atoms with Gasteiger partial charge in [0, 0.05) is 5.02 Å². The highest BCUT2D eigenvalue weighted by atomic mass is 35.5. The molecule has 0 bridgehead atoms. The minimum atomic E-state index is -0.682. The minimum absolute atomic E-state index is 0.177. The molecule has 5 rings (SSSR count). The first kappa shape index (κ1) is 22.4. The molecule has 0 saturated carbocycles. The van der Waals surface area contributed by atoms with Crippen LogP contribution in [0.25, 0.3) is 6.08 Å². The van der Waals surface area contributed by atoms with E-state index in [-0.39, 0.29) is 18.5 Å². The number of rotatable bonds is 4. The van der Waals surface area contributed by atoms with Crippen molar-refractivity contribution < 1.29 is 19.0 Å². The molecule has 9 heteroatoms. The van der Waals surface area contributed by atoms with Crippen molar-refractivity contribution in [3.05, 3.63) is 89.6 Å². The first-order chi connectivity index (χ1) is 16.3. The molecule has 0 saturated heterocycles. The minimum Gasteiger partial charge on any atom is -0.459 e. The smallest absolute Gasteiger partial charge is 0.338 e. The number of hydrogen-bond acceptors (Lipinski definition) is 7. The molecule has 7 nitrogen and oxygen atoms in total. The molecule has 0 unspecified atom stereocenters. The Bertz CT molecular complexity index is 1500. The molecule has 0 aliphatic carbocycles. The van der Waals surface area contributed by atoms with Crippen LogP contribution in [-0.2, 0) is 9.53 Å². The van der Waals surface area contributed by atoms with Crippen molar-refractivity contribution in [2.75, 3.05) is 6.79 Å². The second kappa shape index (κ2) is 8.77. The Labute approximate surface area is 204 Å². The van der Waals surface area contributed by atoms with Gasteiger partial charge in [-0.3, -0.25) is 9.36 Å². The van der Waals surface area contributed by atoms with E-state index in [9.17, 15) is 9.59 Å². The van der Waals surface area contributed by atoms with Crippen molar-refractivity contribution in [3.63, 3.8) is 0 Å². The van der Waals surface area contributed by atoms with E-state index in [0.29, 0.717) is 37.1 Å². The molecule has 3 heterocycles. The fourth-order valence-corrected chi connectivity index (χ4v) is 5.15. The van der Waals surface area contributed by atoms with E-state index >= 15 is 0 Å². The fourth-order valence-electron chi connectivity index (χ4n) is 3.97. The number of benzene rings is 2. The molecule has 0 radical (unpaired) electrons. The Morgan fingerprint density at radius 1 is 1.21 bits per heavy atom. The van der Waals surface area contributed by atoms with E-state index in [1.165, 1.54) is 11.3 Å². The van der Waals surface area contributed by atoms with Crippen LogP contribution in [0.2, 0.25) is 5.02 Å². The van der Waals surface area contributed by atoms with Crippen LogP contribution in [0.1, 0.15) is 37.9 Å². The molecule has 2 aliphatic heterocycles. The fraction of sp³-hybridized carbons (Fsp3) is 0.240. The van der Waals surface area contributed by atoms with E-state index in [2.05, 4.69) is 4.99 Å². The molecule has 34 heavy (non-hydrogen) atoms. The van der Waals surface area contributed by atoms with Crippen LogP contribution in [0, 0.1) is 0 Å². The lowest BCUT2D eigenvalue weighted by molar-refractivity contribution is -0.143. The largest absolute Gasteiger partial charge is 0.459 e. The standard InChI is InChI=1S/C25H21ClN2O5S/c1-13(2)33-24(30)21-14(3)27-25-28(22(21)16-5-7-17(26)8-6-16)23(29)20(34-25)11-15-4-9-18-19(10-15)32-12-31-18/h4-11,13,22H,12H2,1-3H3/t22-/m0/s1. The van der Waals surface area contributed by atoms with E-state index in [1.807, 2.05) is 30.3 Å². The highest BCUT2D eigenvalue weighted by molar-refractivity contribution is 7.07. The number of carbonyl (C=O) groups excluding carboxylic acids is 1. The summed E-state index contributed by atoms with van der Waals surface area (Å²) in [6, 6.07) is 11.9. The van der Waals surface area contributed by atoms with Gasteiger partial charge >= 0.3 is 5.97 Å². The van der Waals surface area contributed by atoms with Crippen molar-refractivity contribution in [2.45, 2.75) is 32.9 Å². The van der Waals surface area contributed by atoms with Crippen LogP contribution >= 0.6 is 22.9 Å². The first-order valence-electron chi connectivity index (χ1n) is 10.7. The Kier molecular flexibility index (Phi) is 5.79. The van der Waals surface area contributed by atoms with Gasteiger partial charge in [-0.25, -0.2) is 9.79 Å². The maximum absolute atomic E-state index is 13.6. The molecule has 2 aromatic carbocycles. The molecule has 174 valence electrons. The van der Waals surface area contributed by atoms with Gasteiger partial charge in [0.2, 0.25) is 6.79 Å². The molecule has 0 N–H and O–H groups in total. The van der Waals surface area contributed by atoms with Gasteiger partial charge in [-0.05, 0) is 62.2 Å². The summed E-state index contributed by atoms with van der Waals surface area (Å²) in [6.07, 6.45) is 1.48. The molecule has 0 spiro atoms. The van der Waals surface area contributed by atoms with E-state index < -0.39 is 12.0 Å². The summed E-state index contributed by atoms with van der Waals surface area (Å²) < 4.78 is 18.4. The van der Waals surface area contributed by atoms with Crippen molar-refractivity contribution in [3.8, 4) is 11.5 Å². The summed E-state index contributed by atoms with van der Waals surface area (Å²) in [5.74, 6) is 0.807. The number of halogens is 1. The zero-order valence-electron chi connectivity index (χ0n) is 18.7. The van der Waals surface area contributed by atoms with Crippen molar-refractivity contribution in [1.82, 2.24) is 4.57 Å². The molecule has 0 fully saturated rings. The van der Waals surface area contributed by atoms with Gasteiger partial charge in [0.15, 0.2) is 16.3 Å². The van der Waals surface area contributed by atoms with E-state index in [0.717, 1.165) is 11.1 Å². The Hall–Kier alpha value is -3.36. The van der Waals surface area contributed by atoms with Crippen molar-refractivity contribution in [2.24, 2.45) is 4.99 Å². The van der Waals surface area contributed by atoms with E-state index in [1.54, 1.807) is 43.5 Å². The number of esters is 1. The zero-order valence-corrected chi connectivity index (χ0v) is 20.3. The Morgan fingerprint density at radius 2 is 1.94 bits per heavy atom. The molecule has 2 aliphatic rings. The van der Waals surface area contributed by atoms with Gasteiger partial charge in [-0.15, -0.1) is 0 Å². The number of thiazole rings is 1. The maximum Gasteiger partial charge on any atom is 0.338 e. The second-order valence-electron chi connectivity index (χ2n) is 8.20. The molecule has 0 amide bonds. The van der Waals surface area contributed by atoms with Crippen LogP contribution in [0.15, 0.2) is 63.5 Å². The number of nitrogens with zero attached hydrogens (tertiary/aromatic N) is 2. The highest BCUT2D eigenvalue weighted by Gasteiger charge is 2.33. The summed E-state index contributed by atoms with van der Waals surface area (Å²) >= 11 is 7.37. The van der Waals surface area contributed by atoms with Gasteiger partial charge in [0.25, 0.3) is 5.56 Å². The Balaban J connectivity index is 1.68. The Morgan fingerprint density at radius 3 is 2.68 bits per heavy atom. The van der Waals surface area contributed by atoms with Crippen molar-refractivity contribution in [1.29, 1.82) is 0 Å². The van der Waals surface area contributed by atoms with Crippen LogP contribution in [0.4, 0.5) is 0 Å². The van der Waals surface area contributed by atoms with Gasteiger partial charge in [-0.1, -0.05) is 41.1 Å². The van der Waals surface area contributed by atoms with Gasteiger partial charge in [0.1, 0.15) is 0 Å². The molecule has 3 aromatic rings. The SMILES string of the molecule is CC1=C(C(=O)OC(C)C)[C@H](c2ccc(Cl)cc2)n2c(sc(=Cc3ccc4c(c3)OCO4)c2=O)=N1. The molecule has 1 aromatic heterocycles. The number of carbonyl (C=O) groups is 1. The number of hydrogen-bond donors (Lipinski definition) is 0. The third-order valence-corrected chi connectivity index (χ3v) is 6.70. The predicted octanol–water partition coefficient (Wildman–Crippen LogP) is 3.57. The number of allylic oxidation sites excluding steroid dienone is 1. The van der Waals surface area contributed by atoms with E-state index in [4.69, 9.17) is 25.8 Å². The quantitative estimate of drug-likeness (QED) is 0.516. The lowest BCUT2D eigenvalue weighted by atomic mass is 9.96. The first-order valence-corrected chi connectivity index (χ1v) is 11.9. The summed E-state index contributed by atoms with van der Waals surface area (Å²) in [7, 11) is 0.